The van der Waals surface area contributed by atoms with Crippen molar-refractivity contribution in [1.29, 1.82) is 5.41 Å². The molecule has 0 heterocycles. The normalized spacial score (nSPS) is 10.2. The van der Waals surface area contributed by atoms with Gasteiger partial charge in [0.1, 0.15) is 11.6 Å². The third-order valence-electron chi connectivity index (χ3n) is 3.05. The Morgan fingerprint density at radius 3 is 2.65 bits per heavy atom. The molecule has 4 nitrogen and oxygen atoms in total. The summed E-state index contributed by atoms with van der Waals surface area (Å²) in [6.07, 6.45) is 0. The van der Waals surface area contributed by atoms with E-state index in [4.69, 9.17) is 27.5 Å². The maximum absolute atomic E-state index is 7.67. The molecule has 2 rings (SSSR count). The molecule has 0 saturated heterocycles. The van der Waals surface area contributed by atoms with Gasteiger partial charge in [-0.05, 0) is 30.3 Å². The number of hydrogen-bond donors (Lipinski definition) is 2. The highest BCUT2D eigenvalue weighted by molar-refractivity contribution is 6.31. The number of methoxy groups -OCH3 is 1. The molecule has 104 valence electrons. The number of nitrogens with zero attached hydrogens (tertiary/aromatic N) is 1. The predicted octanol–water partition coefficient (Wildman–Crippen LogP) is 3.40. The lowest BCUT2D eigenvalue weighted by Gasteiger charge is -2.23. The van der Waals surface area contributed by atoms with Crippen LogP contribution in [-0.2, 0) is 0 Å². The molecule has 0 aromatic heterocycles. The van der Waals surface area contributed by atoms with Crippen molar-refractivity contribution in [2.45, 2.75) is 0 Å². The van der Waals surface area contributed by atoms with Crippen LogP contribution < -0.4 is 15.4 Å². The van der Waals surface area contributed by atoms with Crippen LogP contribution in [0.4, 0.5) is 11.4 Å². The Bertz CT molecular complexity index is 643. The lowest BCUT2D eigenvalue weighted by atomic mass is 10.1. The largest absolute Gasteiger partial charge is 0.497 e. The summed E-state index contributed by atoms with van der Waals surface area (Å²) in [5.41, 5.74) is 7.98. The first-order valence-corrected chi connectivity index (χ1v) is 6.42. The Labute approximate surface area is 123 Å². The SMILES string of the molecule is COc1cccc(N(C)c2ccc(Cl)cc2C(=N)N)c1. The van der Waals surface area contributed by atoms with Gasteiger partial charge in [-0.15, -0.1) is 0 Å². The molecular formula is C15H16ClN3O. The molecule has 0 amide bonds. The molecule has 0 aliphatic heterocycles. The molecule has 0 aliphatic carbocycles. The van der Waals surface area contributed by atoms with Gasteiger partial charge < -0.3 is 15.4 Å². The summed E-state index contributed by atoms with van der Waals surface area (Å²) >= 11 is 5.97. The topological polar surface area (TPSA) is 62.3 Å². The number of anilines is 2. The minimum absolute atomic E-state index is 0.0164. The van der Waals surface area contributed by atoms with Crippen LogP contribution in [0.5, 0.6) is 5.75 Å². The van der Waals surface area contributed by atoms with Gasteiger partial charge in [0.25, 0.3) is 0 Å². The van der Waals surface area contributed by atoms with E-state index in [1.807, 2.05) is 42.3 Å². The second-order valence-electron chi connectivity index (χ2n) is 4.34. The molecule has 0 spiro atoms. The summed E-state index contributed by atoms with van der Waals surface area (Å²) in [7, 11) is 3.53. The molecule has 0 aliphatic rings. The van der Waals surface area contributed by atoms with Crippen LogP contribution in [0.3, 0.4) is 0 Å². The van der Waals surface area contributed by atoms with Gasteiger partial charge in [-0.2, -0.15) is 0 Å². The highest BCUT2D eigenvalue weighted by Crippen LogP contribution is 2.30. The van der Waals surface area contributed by atoms with Gasteiger partial charge in [0.2, 0.25) is 0 Å². The third-order valence-corrected chi connectivity index (χ3v) is 3.29. The standard InChI is InChI=1S/C15H16ClN3O/c1-19(11-4-3-5-12(9-11)20-2)14-7-6-10(16)8-13(14)15(17)18/h3-9H,1-2H3,(H3,17,18). The number of nitrogen functional groups attached to an aromatic ring is 1. The quantitative estimate of drug-likeness (QED) is 0.670. The van der Waals surface area contributed by atoms with Crippen LogP contribution in [-0.4, -0.2) is 20.0 Å². The third kappa shape index (κ3) is 2.86. The number of halogens is 1. The Morgan fingerprint density at radius 2 is 2.00 bits per heavy atom. The maximum Gasteiger partial charge on any atom is 0.124 e. The van der Waals surface area contributed by atoms with Crippen LogP contribution >= 0.6 is 11.6 Å². The van der Waals surface area contributed by atoms with Gasteiger partial charge in [0.15, 0.2) is 0 Å². The molecule has 0 bridgehead atoms. The fourth-order valence-corrected chi connectivity index (χ4v) is 2.15. The summed E-state index contributed by atoms with van der Waals surface area (Å²) < 4.78 is 5.22. The van der Waals surface area contributed by atoms with Crippen LogP contribution in [0, 0.1) is 5.41 Å². The lowest BCUT2D eigenvalue weighted by molar-refractivity contribution is 0.415. The first-order valence-electron chi connectivity index (χ1n) is 6.04. The zero-order valence-corrected chi connectivity index (χ0v) is 12.1. The predicted molar refractivity (Wildman–Crippen MR) is 83.5 cm³/mol. The fraction of sp³-hybridized carbons (Fsp3) is 0.133. The van der Waals surface area contributed by atoms with E-state index in [0.717, 1.165) is 17.1 Å². The van der Waals surface area contributed by atoms with Crippen molar-refractivity contribution >= 4 is 28.8 Å². The van der Waals surface area contributed by atoms with Gasteiger partial charge in [0.05, 0.1) is 12.8 Å². The van der Waals surface area contributed by atoms with Crippen molar-refractivity contribution in [3.8, 4) is 5.75 Å². The second kappa shape index (κ2) is 5.84. The Kier molecular flexibility index (Phi) is 4.15. The number of amidine groups is 1. The molecule has 0 saturated carbocycles. The monoisotopic (exact) mass is 289 g/mol. The number of hydrogen-bond acceptors (Lipinski definition) is 3. The lowest BCUT2D eigenvalue weighted by Crippen LogP contribution is -2.18. The first-order chi connectivity index (χ1) is 9.52. The fourth-order valence-electron chi connectivity index (χ4n) is 1.97. The molecule has 5 heteroatoms. The minimum Gasteiger partial charge on any atom is -0.497 e. The van der Waals surface area contributed by atoms with E-state index < -0.39 is 0 Å². The second-order valence-corrected chi connectivity index (χ2v) is 4.77. The van der Waals surface area contributed by atoms with E-state index in [1.54, 1.807) is 19.2 Å². The molecule has 2 aromatic rings. The first kappa shape index (κ1) is 14.2. The van der Waals surface area contributed by atoms with Crippen molar-refractivity contribution in [2.75, 3.05) is 19.1 Å². The van der Waals surface area contributed by atoms with E-state index in [0.29, 0.717) is 10.6 Å². The van der Waals surface area contributed by atoms with Crippen LogP contribution in [0.25, 0.3) is 0 Å². The zero-order chi connectivity index (χ0) is 14.7. The Balaban J connectivity index is 2.47. The highest BCUT2D eigenvalue weighted by Gasteiger charge is 2.12. The zero-order valence-electron chi connectivity index (χ0n) is 11.4. The van der Waals surface area contributed by atoms with Gasteiger partial charge in [-0.25, -0.2) is 0 Å². The number of ether oxygens (including phenoxy) is 1. The van der Waals surface area contributed by atoms with Crippen molar-refractivity contribution in [1.82, 2.24) is 0 Å². The number of benzene rings is 2. The smallest absolute Gasteiger partial charge is 0.124 e. The van der Waals surface area contributed by atoms with Crippen molar-refractivity contribution < 1.29 is 4.74 Å². The summed E-state index contributed by atoms with van der Waals surface area (Å²) in [5.74, 6) is 0.755. The van der Waals surface area contributed by atoms with Gasteiger partial charge in [-0.3, -0.25) is 5.41 Å². The van der Waals surface area contributed by atoms with Gasteiger partial charge in [0, 0.05) is 29.4 Å². The van der Waals surface area contributed by atoms with Crippen molar-refractivity contribution in [2.24, 2.45) is 5.73 Å². The average molecular weight is 290 g/mol. The molecule has 0 fully saturated rings. The Hall–Kier alpha value is -2.20. The minimum atomic E-state index is -0.0164. The molecule has 2 aromatic carbocycles. The van der Waals surface area contributed by atoms with E-state index in [9.17, 15) is 0 Å². The van der Waals surface area contributed by atoms with Crippen molar-refractivity contribution in [3.05, 3.63) is 53.1 Å². The summed E-state index contributed by atoms with van der Waals surface area (Å²) in [6, 6.07) is 13.0. The summed E-state index contributed by atoms with van der Waals surface area (Å²) in [6.45, 7) is 0. The van der Waals surface area contributed by atoms with Crippen LogP contribution in [0.2, 0.25) is 5.02 Å². The molecule has 3 N–H and O–H groups in total. The number of nitrogens with two attached hydrogens (primary N) is 1. The molecular weight excluding hydrogens is 274 g/mol. The maximum atomic E-state index is 7.67. The van der Waals surface area contributed by atoms with E-state index in [-0.39, 0.29) is 5.84 Å². The Morgan fingerprint density at radius 1 is 1.25 bits per heavy atom. The van der Waals surface area contributed by atoms with Gasteiger partial charge in [-0.1, -0.05) is 17.7 Å². The van der Waals surface area contributed by atoms with Crippen molar-refractivity contribution in [3.63, 3.8) is 0 Å². The molecule has 20 heavy (non-hydrogen) atoms. The highest BCUT2D eigenvalue weighted by atomic mass is 35.5. The van der Waals surface area contributed by atoms with E-state index >= 15 is 0 Å². The van der Waals surface area contributed by atoms with Gasteiger partial charge >= 0.3 is 0 Å². The molecule has 0 atom stereocenters. The average Bonchev–Trinajstić information content (AvgIpc) is 2.46. The van der Waals surface area contributed by atoms with Crippen LogP contribution in [0.15, 0.2) is 42.5 Å². The summed E-state index contributed by atoms with van der Waals surface area (Å²) in [5, 5.41) is 8.23. The number of nitrogens with one attached hydrogen (secondary N) is 1. The molecule has 0 unspecified atom stereocenters. The molecule has 0 radical (unpaired) electrons. The van der Waals surface area contributed by atoms with E-state index in [2.05, 4.69) is 0 Å². The number of rotatable bonds is 4. The van der Waals surface area contributed by atoms with E-state index in [1.165, 1.54) is 0 Å². The van der Waals surface area contributed by atoms with Crippen LogP contribution in [0.1, 0.15) is 5.56 Å². The summed E-state index contributed by atoms with van der Waals surface area (Å²) in [4.78, 5) is 1.94.